The molecule has 0 saturated carbocycles. The Morgan fingerprint density at radius 2 is 2.24 bits per heavy atom. The van der Waals surface area contributed by atoms with E-state index in [4.69, 9.17) is 4.74 Å². The van der Waals surface area contributed by atoms with Crippen LogP contribution in [0.3, 0.4) is 0 Å². The fourth-order valence-electron chi connectivity index (χ4n) is 2.05. The van der Waals surface area contributed by atoms with E-state index in [1.54, 1.807) is 7.11 Å². The van der Waals surface area contributed by atoms with Gasteiger partial charge in [0.1, 0.15) is 11.6 Å². The van der Waals surface area contributed by atoms with E-state index in [-0.39, 0.29) is 0 Å². The van der Waals surface area contributed by atoms with Crippen LogP contribution in [0.15, 0.2) is 18.2 Å². The van der Waals surface area contributed by atoms with Crippen molar-refractivity contribution in [1.82, 2.24) is 9.55 Å². The summed E-state index contributed by atoms with van der Waals surface area (Å²) >= 11 is 4.29. The Bertz CT molecular complexity index is 507. The largest absolute Gasteiger partial charge is 0.497 e. The fraction of sp³-hybridized carbons (Fsp3) is 0.462. The summed E-state index contributed by atoms with van der Waals surface area (Å²) in [5.74, 6) is 2.80. The molecule has 1 aromatic carbocycles. The topological polar surface area (TPSA) is 27.1 Å². The van der Waals surface area contributed by atoms with Gasteiger partial charge in [0, 0.05) is 19.0 Å². The van der Waals surface area contributed by atoms with Crippen molar-refractivity contribution >= 4 is 23.7 Å². The molecular weight excluding hydrogens is 232 g/mol. The van der Waals surface area contributed by atoms with Crippen molar-refractivity contribution < 1.29 is 4.74 Å². The molecule has 92 valence electrons. The summed E-state index contributed by atoms with van der Waals surface area (Å²) in [6, 6.07) is 6.06. The number of hydrogen-bond donors (Lipinski definition) is 1. The Morgan fingerprint density at radius 3 is 2.88 bits per heavy atom. The molecule has 1 aromatic heterocycles. The lowest BCUT2D eigenvalue weighted by molar-refractivity contribution is 0.415. The van der Waals surface area contributed by atoms with Gasteiger partial charge in [-0.1, -0.05) is 6.92 Å². The Hall–Kier alpha value is -1.16. The zero-order valence-corrected chi connectivity index (χ0v) is 11.2. The third kappa shape index (κ3) is 2.41. The molecule has 0 spiro atoms. The molecule has 0 N–H and O–H groups in total. The highest BCUT2D eigenvalue weighted by Crippen LogP contribution is 2.22. The standard InChI is InChI=1S/C13H18N2OS/c1-3-7-15-12-5-4-10(16-2)9-11(12)14-13(15)6-8-17/h4-5,9,17H,3,6-8H2,1-2H3. The Morgan fingerprint density at radius 1 is 1.41 bits per heavy atom. The first-order valence-electron chi connectivity index (χ1n) is 5.94. The molecule has 0 saturated heterocycles. The lowest BCUT2D eigenvalue weighted by atomic mass is 10.3. The van der Waals surface area contributed by atoms with Gasteiger partial charge in [0.25, 0.3) is 0 Å². The van der Waals surface area contributed by atoms with Crippen molar-refractivity contribution in [3.05, 3.63) is 24.0 Å². The lowest BCUT2D eigenvalue weighted by Crippen LogP contribution is -2.03. The first-order chi connectivity index (χ1) is 8.30. The first-order valence-corrected chi connectivity index (χ1v) is 6.57. The SMILES string of the molecule is CCCn1c(CCS)nc2cc(OC)ccc21. The van der Waals surface area contributed by atoms with E-state index >= 15 is 0 Å². The van der Waals surface area contributed by atoms with Gasteiger partial charge < -0.3 is 9.30 Å². The second-order valence-electron chi connectivity index (χ2n) is 4.01. The third-order valence-electron chi connectivity index (χ3n) is 2.82. The van der Waals surface area contributed by atoms with Gasteiger partial charge in [0.2, 0.25) is 0 Å². The predicted molar refractivity (Wildman–Crippen MR) is 74.1 cm³/mol. The van der Waals surface area contributed by atoms with E-state index in [1.807, 2.05) is 12.1 Å². The summed E-state index contributed by atoms with van der Waals surface area (Å²) in [6.07, 6.45) is 2.01. The van der Waals surface area contributed by atoms with Gasteiger partial charge in [-0.05, 0) is 24.3 Å². The molecule has 2 rings (SSSR count). The molecular formula is C13H18N2OS. The van der Waals surface area contributed by atoms with E-state index in [1.165, 1.54) is 5.52 Å². The van der Waals surface area contributed by atoms with Gasteiger partial charge in [0.05, 0.1) is 18.1 Å². The van der Waals surface area contributed by atoms with E-state index < -0.39 is 0 Å². The highest BCUT2D eigenvalue weighted by atomic mass is 32.1. The van der Waals surface area contributed by atoms with Crippen molar-refractivity contribution in [2.45, 2.75) is 26.3 Å². The second-order valence-corrected chi connectivity index (χ2v) is 4.46. The molecule has 0 fully saturated rings. The van der Waals surface area contributed by atoms with Gasteiger partial charge in [-0.3, -0.25) is 0 Å². The molecule has 4 heteroatoms. The average Bonchev–Trinajstić information content (AvgIpc) is 2.68. The summed E-state index contributed by atoms with van der Waals surface area (Å²) in [5, 5.41) is 0. The maximum atomic E-state index is 5.23. The maximum absolute atomic E-state index is 5.23. The molecule has 3 nitrogen and oxygen atoms in total. The lowest BCUT2D eigenvalue weighted by Gasteiger charge is -2.06. The fourth-order valence-corrected chi connectivity index (χ4v) is 2.25. The van der Waals surface area contributed by atoms with Crippen LogP contribution >= 0.6 is 12.6 Å². The Balaban J connectivity index is 2.52. The minimum absolute atomic E-state index is 0.824. The molecule has 0 radical (unpaired) electrons. The van der Waals surface area contributed by atoms with Crippen LogP contribution in [-0.2, 0) is 13.0 Å². The van der Waals surface area contributed by atoms with E-state index in [0.717, 1.165) is 42.2 Å². The molecule has 2 aromatic rings. The van der Waals surface area contributed by atoms with Gasteiger partial charge in [-0.15, -0.1) is 0 Å². The number of methoxy groups -OCH3 is 1. The van der Waals surface area contributed by atoms with Crippen LogP contribution in [0.5, 0.6) is 5.75 Å². The molecule has 0 bridgehead atoms. The van der Waals surface area contributed by atoms with Crippen LogP contribution in [0.25, 0.3) is 11.0 Å². The van der Waals surface area contributed by atoms with Crippen molar-refractivity contribution in [3.63, 3.8) is 0 Å². The van der Waals surface area contributed by atoms with Crippen LogP contribution in [-0.4, -0.2) is 22.4 Å². The molecule has 0 aliphatic rings. The van der Waals surface area contributed by atoms with Crippen LogP contribution in [0, 0.1) is 0 Å². The van der Waals surface area contributed by atoms with Crippen molar-refractivity contribution in [1.29, 1.82) is 0 Å². The number of aryl methyl sites for hydroxylation is 2. The van der Waals surface area contributed by atoms with Gasteiger partial charge >= 0.3 is 0 Å². The van der Waals surface area contributed by atoms with Crippen LogP contribution in [0.4, 0.5) is 0 Å². The van der Waals surface area contributed by atoms with E-state index in [0.29, 0.717) is 0 Å². The minimum atomic E-state index is 0.824. The van der Waals surface area contributed by atoms with Crippen molar-refractivity contribution in [3.8, 4) is 5.75 Å². The maximum Gasteiger partial charge on any atom is 0.121 e. The second kappa shape index (κ2) is 5.45. The molecule has 0 amide bonds. The molecule has 1 heterocycles. The molecule has 0 aliphatic carbocycles. The number of rotatable bonds is 5. The number of nitrogens with zero attached hydrogens (tertiary/aromatic N) is 2. The van der Waals surface area contributed by atoms with E-state index in [9.17, 15) is 0 Å². The number of hydrogen-bond acceptors (Lipinski definition) is 3. The Kier molecular flexibility index (Phi) is 3.94. The highest BCUT2D eigenvalue weighted by Gasteiger charge is 2.10. The summed E-state index contributed by atoms with van der Waals surface area (Å²) in [6.45, 7) is 3.19. The smallest absolute Gasteiger partial charge is 0.121 e. The molecule has 0 unspecified atom stereocenters. The number of imidazole rings is 1. The summed E-state index contributed by atoms with van der Waals surface area (Å²) in [4.78, 5) is 4.66. The number of aromatic nitrogens is 2. The predicted octanol–water partition coefficient (Wildman–Crippen LogP) is 2.93. The van der Waals surface area contributed by atoms with Crippen LogP contribution < -0.4 is 4.74 Å². The zero-order valence-electron chi connectivity index (χ0n) is 10.3. The van der Waals surface area contributed by atoms with Crippen LogP contribution in [0.1, 0.15) is 19.2 Å². The molecule has 0 aliphatic heterocycles. The summed E-state index contributed by atoms with van der Waals surface area (Å²) in [7, 11) is 1.68. The summed E-state index contributed by atoms with van der Waals surface area (Å²) in [5.41, 5.74) is 2.19. The van der Waals surface area contributed by atoms with E-state index in [2.05, 4.69) is 35.2 Å². The quantitative estimate of drug-likeness (QED) is 0.826. The highest BCUT2D eigenvalue weighted by molar-refractivity contribution is 7.80. The minimum Gasteiger partial charge on any atom is -0.497 e. The monoisotopic (exact) mass is 250 g/mol. The number of benzene rings is 1. The molecule has 0 atom stereocenters. The summed E-state index contributed by atoms with van der Waals surface area (Å²) < 4.78 is 7.51. The average molecular weight is 250 g/mol. The normalized spacial score (nSPS) is 11.0. The van der Waals surface area contributed by atoms with Crippen molar-refractivity contribution in [2.24, 2.45) is 0 Å². The number of ether oxygens (including phenoxy) is 1. The van der Waals surface area contributed by atoms with Crippen LogP contribution in [0.2, 0.25) is 0 Å². The van der Waals surface area contributed by atoms with Gasteiger partial charge in [-0.25, -0.2) is 4.98 Å². The van der Waals surface area contributed by atoms with Gasteiger partial charge in [-0.2, -0.15) is 12.6 Å². The first kappa shape index (κ1) is 12.3. The Labute approximate surface area is 107 Å². The number of thiol groups is 1. The van der Waals surface area contributed by atoms with Crippen molar-refractivity contribution in [2.75, 3.05) is 12.9 Å². The zero-order chi connectivity index (χ0) is 12.3. The molecule has 17 heavy (non-hydrogen) atoms. The number of fused-ring (bicyclic) bond motifs is 1. The third-order valence-corrected chi connectivity index (χ3v) is 3.04. The van der Waals surface area contributed by atoms with Gasteiger partial charge in [0.15, 0.2) is 0 Å².